The van der Waals surface area contributed by atoms with Gasteiger partial charge < -0.3 is 16.4 Å². The van der Waals surface area contributed by atoms with Crippen LogP contribution in [0.2, 0.25) is 0 Å². The number of hydrogen-bond acceptors (Lipinski definition) is 6. The van der Waals surface area contributed by atoms with Crippen molar-refractivity contribution < 1.29 is 4.79 Å². The molecule has 7 heteroatoms. The van der Waals surface area contributed by atoms with Crippen molar-refractivity contribution in [3.05, 3.63) is 18.1 Å². The van der Waals surface area contributed by atoms with Crippen LogP contribution in [0.3, 0.4) is 0 Å². The van der Waals surface area contributed by atoms with Gasteiger partial charge in [-0.1, -0.05) is 0 Å². The lowest BCUT2D eigenvalue weighted by Crippen LogP contribution is -2.47. The molecule has 0 atom stereocenters. The van der Waals surface area contributed by atoms with Crippen LogP contribution in [0.5, 0.6) is 0 Å². The molecule has 1 saturated carbocycles. The van der Waals surface area contributed by atoms with Crippen molar-refractivity contribution in [3.8, 4) is 0 Å². The monoisotopic (exact) mass is 304 g/mol. The zero-order valence-electron chi connectivity index (χ0n) is 12.8. The van der Waals surface area contributed by atoms with Crippen molar-refractivity contribution in [3.63, 3.8) is 0 Å². The predicted molar refractivity (Wildman–Crippen MR) is 84.5 cm³/mol. The lowest BCUT2D eigenvalue weighted by atomic mass is 9.79. The molecule has 7 nitrogen and oxygen atoms in total. The molecule has 1 aliphatic heterocycles. The molecule has 2 aliphatic rings. The number of nitrogens with zero attached hydrogens (tertiary/aromatic N) is 3. The number of nitrogens with one attached hydrogen (secondary N) is 2. The second-order valence-electron chi connectivity index (χ2n) is 6.16. The molecule has 3 rings (SSSR count). The first kappa shape index (κ1) is 15.2. The van der Waals surface area contributed by atoms with Gasteiger partial charge in [-0.15, -0.1) is 0 Å². The maximum absolute atomic E-state index is 11.3. The summed E-state index contributed by atoms with van der Waals surface area (Å²) in [6.45, 7) is 3.98. The van der Waals surface area contributed by atoms with Crippen molar-refractivity contribution in [2.24, 2.45) is 5.73 Å². The smallest absolute Gasteiger partial charge is 0.234 e. The average molecular weight is 304 g/mol. The van der Waals surface area contributed by atoms with E-state index in [1.807, 2.05) is 6.07 Å². The number of aromatic nitrogens is 2. The van der Waals surface area contributed by atoms with Crippen LogP contribution in [0.15, 0.2) is 12.4 Å². The summed E-state index contributed by atoms with van der Waals surface area (Å²) in [6.07, 6.45) is 4.65. The molecular weight excluding hydrogens is 280 g/mol. The van der Waals surface area contributed by atoms with Gasteiger partial charge in [-0.2, -0.15) is 0 Å². The summed E-state index contributed by atoms with van der Waals surface area (Å²) < 4.78 is 0. The predicted octanol–water partition coefficient (Wildman–Crippen LogP) is -0.0849. The third-order valence-electron chi connectivity index (χ3n) is 4.36. The van der Waals surface area contributed by atoms with Gasteiger partial charge in [0.1, 0.15) is 12.1 Å². The van der Waals surface area contributed by atoms with Crippen molar-refractivity contribution in [2.75, 3.05) is 38.0 Å². The van der Waals surface area contributed by atoms with Crippen molar-refractivity contribution in [1.82, 2.24) is 20.2 Å². The molecule has 120 valence electrons. The Morgan fingerprint density at radius 3 is 3.05 bits per heavy atom. The zero-order valence-corrected chi connectivity index (χ0v) is 12.8. The van der Waals surface area contributed by atoms with Gasteiger partial charge >= 0.3 is 0 Å². The normalized spacial score (nSPS) is 25.4. The van der Waals surface area contributed by atoms with Crippen LogP contribution in [0, 0.1) is 0 Å². The van der Waals surface area contributed by atoms with Crippen LogP contribution in [-0.2, 0) is 4.79 Å². The highest BCUT2D eigenvalue weighted by Crippen LogP contribution is 2.34. The minimum Gasteiger partial charge on any atom is -0.370 e. The molecule has 2 heterocycles. The van der Waals surface area contributed by atoms with Crippen LogP contribution >= 0.6 is 0 Å². The van der Waals surface area contributed by atoms with Gasteiger partial charge in [0.2, 0.25) is 5.91 Å². The summed E-state index contributed by atoms with van der Waals surface area (Å²) in [5.41, 5.74) is 6.92. The lowest BCUT2D eigenvalue weighted by Gasteiger charge is -2.31. The molecule has 1 aromatic heterocycles. The molecule has 1 aliphatic carbocycles. The minimum absolute atomic E-state index is 0.123. The van der Waals surface area contributed by atoms with Gasteiger partial charge in [-0.25, -0.2) is 9.97 Å². The van der Waals surface area contributed by atoms with E-state index < -0.39 is 0 Å². The molecule has 0 aromatic carbocycles. The van der Waals surface area contributed by atoms with Gasteiger partial charge in [0, 0.05) is 49.9 Å². The Bertz CT molecular complexity index is 517. The number of rotatable bonds is 6. The van der Waals surface area contributed by atoms with Crippen LogP contribution in [-0.4, -0.2) is 59.5 Å². The molecule has 1 aromatic rings. The first-order valence-corrected chi connectivity index (χ1v) is 8.01. The van der Waals surface area contributed by atoms with Crippen LogP contribution in [0.25, 0.3) is 0 Å². The fourth-order valence-corrected chi connectivity index (χ4v) is 3.00. The van der Waals surface area contributed by atoms with Gasteiger partial charge in [0.05, 0.1) is 6.54 Å². The van der Waals surface area contributed by atoms with Crippen molar-refractivity contribution in [1.29, 1.82) is 0 Å². The van der Waals surface area contributed by atoms with Gasteiger partial charge in [0.25, 0.3) is 0 Å². The van der Waals surface area contributed by atoms with E-state index in [-0.39, 0.29) is 5.91 Å². The summed E-state index contributed by atoms with van der Waals surface area (Å²) in [7, 11) is 0. The molecule has 2 fully saturated rings. The number of piperazine rings is 1. The number of amides is 1. The maximum atomic E-state index is 11.3. The molecule has 0 unspecified atom stereocenters. The molecule has 4 N–H and O–H groups in total. The van der Waals surface area contributed by atoms with E-state index >= 15 is 0 Å². The highest BCUT2D eigenvalue weighted by molar-refractivity contribution is 5.78. The average Bonchev–Trinajstić information content (AvgIpc) is 2.49. The summed E-state index contributed by atoms with van der Waals surface area (Å²) in [6, 6.07) is 2.36. The Hall–Kier alpha value is -1.73. The van der Waals surface area contributed by atoms with E-state index in [9.17, 15) is 4.79 Å². The third kappa shape index (κ3) is 3.92. The molecule has 0 spiro atoms. The van der Waals surface area contributed by atoms with Gasteiger partial charge in [0.15, 0.2) is 0 Å². The van der Waals surface area contributed by atoms with E-state index in [0.29, 0.717) is 18.5 Å². The Morgan fingerprint density at radius 2 is 2.27 bits per heavy atom. The van der Waals surface area contributed by atoms with E-state index in [0.717, 1.165) is 57.0 Å². The van der Waals surface area contributed by atoms with Crippen molar-refractivity contribution >= 4 is 11.7 Å². The molecule has 22 heavy (non-hydrogen) atoms. The van der Waals surface area contributed by atoms with Gasteiger partial charge in [-0.3, -0.25) is 9.69 Å². The highest BCUT2D eigenvalue weighted by atomic mass is 16.2. The zero-order chi connectivity index (χ0) is 15.4. The van der Waals surface area contributed by atoms with Crippen LogP contribution in [0.1, 0.15) is 30.9 Å². The molecular formula is C15H24N6O. The fourth-order valence-electron chi connectivity index (χ4n) is 3.00. The lowest BCUT2D eigenvalue weighted by molar-refractivity contribution is -0.124. The van der Waals surface area contributed by atoms with Gasteiger partial charge in [-0.05, 0) is 19.3 Å². The Balaban J connectivity index is 1.40. The Labute approximate surface area is 130 Å². The molecule has 1 saturated heterocycles. The first-order valence-electron chi connectivity index (χ1n) is 8.01. The highest BCUT2D eigenvalue weighted by Gasteiger charge is 2.28. The summed E-state index contributed by atoms with van der Waals surface area (Å²) in [5, 5.41) is 6.18. The summed E-state index contributed by atoms with van der Waals surface area (Å²) >= 11 is 0. The van der Waals surface area contributed by atoms with E-state index in [2.05, 4.69) is 25.5 Å². The number of anilines is 1. The second kappa shape index (κ2) is 7.02. The fraction of sp³-hybridized carbons (Fsp3) is 0.667. The number of carbonyl (C=O) groups excluding carboxylic acids is 1. The first-order chi connectivity index (χ1) is 10.7. The second-order valence-corrected chi connectivity index (χ2v) is 6.16. The third-order valence-corrected chi connectivity index (χ3v) is 4.36. The SMILES string of the molecule is NC1CC(c2cc(NCCCN3CCNC(=O)C3)ncn2)C1. The van der Waals surface area contributed by atoms with E-state index in [1.54, 1.807) is 6.33 Å². The minimum atomic E-state index is 0.123. The number of nitrogens with two attached hydrogens (primary N) is 1. The Kier molecular flexibility index (Phi) is 4.84. The number of hydrogen-bond donors (Lipinski definition) is 3. The van der Waals surface area contributed by atoms with E-state index in [4.69, 9.17) is 5.73 Å². The quantitative estimate of drug-likeness (QED) is 0.636. The van der Waals surface area contributed by atoms with Crippen LogP contribution in [0.4, 0.5) is 5.82 Å². The molecule has 0 radical (unpaired) electrons. The molecule has 1 amide bonds. The van der Waals surface area contributed by atoms with Crippen molar-refractivity contribution in [2.45, 2.75) is 31.2 Å². The topological polar surface area (TPSA) is 96.2 Å². The summed E-state index contributed by atoms with van der Waals surface area (Å²) in [4.78, 5) is 22.1. The standard InChI is InChI=1S/C15H24N6O/c16-12-6-11(7-12)13-8-14(20-10-19-13)17-2-1-4-21-5-3-18-15(22)9-21/h8,10-12H,1-7,9,16H2,(H,18,22)(H,17,19,20). The Morgan fingerprint density at radius 1 is 1.41 bits per heavy atom. The van der Waals surface area contributed by atoms with E-state index in [1.165, 1.54) is 0 Å². The number of carbonyl (C=O) groups is 1. The maximum Gasteiger partial charge on any atom is 0.234 e. The van der Waals surface area contributed by atoms with Crippen LogP contribution < -0.4 is 16.4 Å². The summed E-state index contributed by atoms with van der Waals surface area (Å²) in [5.74, 6) is 1.49. The largest absolute Gasteiger partial charge is 0.370 e. The molecule has 0 bridgehead atoms.